The van der Waals surface area contributed by atoms with Crippen molar-refractivity contribution in [2.24, 2.45) is 5.73 Å². The van der Waals surface area contributed by atoms with Crippen LogP contribution in [0.1, 0.15) is 19.3 Å². The van der Waals surface area contributed by atoms with Crippen molar-refractivity contribution >= 4 is 38.9 Å². The maximum atomic E-state index is 11.7. The molecule has 0 atom stereocenters. The van der Waals surface area contributed by atoms with Crippen molar-refractivity contribution in [3.05, 3.63) is 10.7 Å². The number of nitrogens with two attached hydrogens (primary N) is 1. The second-order valence-corrected chi connectivity index (χ2v) is 6.86. The summed E-state index contributed by atoms with van der Waals surface area (Å²) in [4.78, 5) is 14.1. The van der Waals surface area contributed by atoms with Gasteiger partial charge in [-0.25, -0.2) is 18.1 Å². The number of rotatable bonds is 7. The molecule has 0 aliphatic heterocycles. The van der Waals surface area contributed by atoms with E-state index in [9.17, 15) is 13.2 Å². The molecule has 1 aromatic heterocycles. The number of hydrogen-bond donors (Lipinski definition) is 2. The molecule has 17 heavy (non-hydrogen) atoms. The highest BCUT2D eigenvalue weighted by molar-refractivity contribution is 7.91. The van der Waals surface area contributed by atoms with Crippen LogP contribution in [0.3, 0.4) is 0 Å². The number of primary amides is 1. The van der Waals surface area contributed by atoms with Crippen LogP contribution in [-0.2, 0) is 14.8 Å². The summed E-state index contributed by atoms with van der Waals surface area (Å²) in [6, 6.07) is 0. The standard InChI is InChI=1S/C8H12ClN3O3S2/c9-8-11-5-7(16-8)17(14,15)12-4-2-1-3-6(10)13/h5,12H,1-4H2,(H2,10,13). The lowest BCUT2D eigenvalue weighted by Crippen LogP contribution is -2.24. The molecule has 0 aromatic carbocycles. The number of nitrogens with one attached hydrogen (secondary N) is 1. The maximum Gasteiger partial charge on any atom is 0.251 e. The van der Waals surface area contributed by atoms with Crippen LogP contribution in [0.5, 0.6) is 0 Å². The number of amides is 1. The van der Waals surface area contributed by atoms with E-state index in [1.54, 1.807) is 0 Å². The highest BCUT2D eigenvalue weighted by Gasteiger charge is 2.16. The van der Waals surface area contributed by atoms with Gasteiger partial charge < -0.3 is 5.73 Å². The molecule has 96 valence electrons. The van der Waals surface area contributed by atoms with E-state index < -0.39 is 10.0 Å². The lowest BCUT2D eigenvalue weighted by molar-refractivity contribution is -0.118. The molecule has 0 saturated heterocycles. The first-order valence-corrected chi connectivity index (χ1v) is 7.49. The van der Waals surface area contributed by atoms with Crippen LogP contribution in [-0.4, -0.2) is 25.9 Å². The van der Waals surface area contributed by atoms with E-state index in [2.05, 4.69) is 9.71 Å². The first kappa shape index (κ1) is 14.4. The second-order valence-electron chi connectivity index (χ2n) is 3.25. The molecule has 1 rings (SSSR count). The van der Waals surface area contributed by atoms with Crippen LogP contribution >= 0.6 is 22.9 Å². The molecule has 3 N–H and O–H groups in total. The van der Waals surface area contributed by atoms with E-state index in [-0.39, 0.29) is 27.5 Å². The molecule has 1 aromatic rings. The number of carbonyl (C=O) groups excluding carboxylic acids is 1. The number of halogens is 1. The van der Waals surface area contributed by atoms with Crippen molar-refractivity contribution in [2.75, 3.05) is 6.54 Å². The second kappa shape index (κ2) is 6.29. The zero-order valence-electron chi connectivity index (χ0n) is 8.85. The summed E-state index contributed by atoms with van der Waals surface area (Å²) in [5.74, 6) is -0.387. The minimum Gasteiger partial charge on any atom is -0.370 e. The van der Waals surface area contributed by atoms with Crippen LogP contribution in [0.2, 0.25) is 4.47 Å². The molecule has 0 bridgehead atoms. The highest BCUT2D eigenvalue weighted by atomic mass is 35.5. The van der Waals surface area contributed by atoms with Gasteiger partial charge in [0.1, 0.15) is 0 Å². The predicted octanol–water partition coefficient (Wildman–Crippen LogP) is 0.730. The molecule has 0 aliphatic carbocycles. The minimum absolute atomic E-state index is 0.0809. The molecule has 9 heteroatoms. The number of thiazole rings is 1. The molecule has 0 spiro atoms. The van der Waals surface area contributed by atoms with Crippen molar-refractivity contribution in [3.63, 3.8) is 0 Å². The number of carbonyl (C=O) groups is 1. The quantitative estimate of drug-likeness (QED) is 0.724. The van der Waals surface area contributed by atoms with Crippen LogP contribution in [0.25, 0.3) is 0 Å². The van der Waals surface area contributed by atoms with E-state index >= 15 is 0 Å². The molecule has 0 unspecified atom stereocenters. The summed E-state index contributed by atoms with van der Waals surface area (Å²) in [7, 11) is -3.53. The SMILES string of the molecule is NC(=O)CCCCNS(=O)(=O)c1cnc(Cl)s1. The van der Waals surface area contributed by atoms with Gasteiger partial charge in [-0.2, -0.15) is 0 Å². The van der Waals surface area contributed by atoms with Crippen molar-refractivity contribution in [3.8, 4) is 0 Å². The van der Waals surface area contributed by atoms with Gasteiger partial charge in [0.25, 0.3) is 10.0 Å². The predicted molar refractivity (Wildman–Crippen MR) is 65.4 cm³/mol. The Morgan fingerprint density at radius 1 is 1.53 bits per heavy atom. The number of aromatic nitrogens is 1. The summed E-state index contributed by atoms with van der Waals surface area (Å²) < 4.78 is 26.0. The van der Waals surface area contributed by atoms with Crippen molar-refractivity contribution < 1.29 is 13.2 Å². The Morgan fingerprint density at radius 3 is 2.76 bits per heavy atom. The van der Waals surface area contributed by atoms with Crippen LogP contribution in [0.15, 0.2) is 10.4 Å². The lowest BCUT2D eigenvalue weighted by atomic mass is 10.2. The largest absolute Gasteiger partial charge is 0.370 e. The Morgan fingerprint density at radius 2 is 2.24 bits per heavy atom. The third kappa shape index (κ3) is 4.99. The molecule has 6 nitrogen and oxygen atoms in total. The van der Waals surface area contributed by atoms with Gasteiger partial charge in [0, 0.05) is 13.0 Å². The fourth-order valence-electron chi connectivity index (χ4n) is 1.07. The average molecular weight is 298 g/mol. The molecule has 0 fully saturated rings. The summed E-state index contributed by atoms with van der Waals surface area (Å²) in [6.45, 7) is 0.255. The maximum absolute atomic E-state index is 11.7. The first-order valence-electron chi connectivity index (χ1n) is 4.81. The number of hydrogen-bond acceptors (Lipinski definition) is 5. The van der Waals surface area contributed by atoms with Gasteiger partial charge in [0.05, 0.1) is 6.20 Å². The number of sulfonamides is 1. The van der Waals surface area contributed by atoms with Crippen molar-refractivity contribution in [1.82, 2.24) is 9.71 Å². The monoisotopic (exact) mass is 297 g/mol. The first-order chi connectivity index (χ1) is 7.92. The van der Waals surface area contributed by atoms with Gasteiger partial charge in [0.2, 0.25) is 5.91 Å². The van der Waals surface area contributed by atoms with Crippen LogP contribution in [0, 0.1) is 0 Å². The van der Waals surface area contributed by atoms with E-state index in [0.717, 1.165) is 11.3 Å². The summed E-state index contributed by atoms with van der Waals surface area (Å²) in [6.07, 6.45) is 2.57. The molecule has 0 aliphatic rings. The highest BCUT2D eigenvalue weighted by Crippen LogP contribution is 2.21. The zero-order valence-corrected chi connectivity index (χ0v) is 11.2. The third-order valence-corrected chi connectivity index (χ3v) is 4.90. The van der Waals surface area contributed by atoms with E-state index in [1.807, 2.05) is 0 Å². The Hall–Kier alpha value is -0.700. The Balaban J connectivity index is 2.38. The summed E-state index contributed by atoms with van der Waals surface area (Å²) >= 11 is 6.44. The summed E-state index contributed by atoms with van der Waals surface area (Å²) in [5, 5.41) is 0. The molecule has 0 saturated carbocycles. The van der Waals surface area contributed by atoms with Gasteiger partial charge in [-0.15, -0.1) is 0 Å². The Kier molecular flexibility index (Phi) is 5.31. The van der Waals surface area contributed by atoms with Gasteiger partial charge in [0.15, 0.2) is 8.68 Å². The molecule has 0 radical (unpaired) electrons. The zero-order chi connectivity index (χ0) is 12.9. The van der Waals surface area contributed by atoms with E-state index in [4.69, 9.17) is 17.3 Å². The molecular weight excluding hydrogens is 286 g/mol. The number of unbranched alkanes of at least 4 members (excludes halogenated alkanes) is 1. The van der Waals surface area contributed by atoms with Gasteiger partial charge in [-0.05, 0) is 12.8 Å². The van der Waals surface area contributed by atoms with E-state index in [0.29, 0.717) is 12.8 Å². The lowest BCUT2D eigenvalue weighted by Gasteiger charge is -2.03. The topological polar surface area (TPSA) is 102 Å². The van der Waals surface area contributed by atoms with Crippen molar-refractivity contribution in [1.29, 1.82) is 0 Å². The smallest absolute Gasteiger partial charge is 0.251 e. The minimum atomic E-state index is -3.53. The Labute approximate surface area is 108 Å². The Bertz CT molecular complexity index is 486. The molecular formula is C8H12ClN3O3S2. The fraction of sp³-hybridized carbons (Fsp3) is 0.500. The van der Waals surface area contributed by atoms with Gasteiger partial charge in [-0.1, -0.05) is 22.9 Å². The average Bonchev–Trinajstić information content (AvgIpc) is 2.64. The normalized spacial score (nSPS) is 11.6. The summed E-state index contributed by atoms with van der Waals surface area (Å²) in [5.41, 5.74) is 4.96. The van der Waals surface area contributed by atoms with Crippen LogP contribution < -0.4 is 10.5 Å². The fourth-order valence-corrected chi connectivity index (χ4v) is 3.48. The van der Waals surface area contributed by atoms with Gasteiger partial charge >= 0.3 is 0 Å². The molecule has 1 heterocycles. The molecule has 1 amide bonds. The van der Waals surface area contributed by atoms with Crippen LogP contribution in [0.4, 0.5) is 0 Å². The van der Waals surface area contributed by atoms with Gasteiger partial charge in [-0.3, -0.25) is 4.79 Å². The number of nitrogens with zero attached hydrogens (tertiary/aromatic N) is 1. The van der Waals surface area contributed by atoms with E-state index in [1.165, 1.54) is 6.20 Å². The third-order valence-electron chi connectivity index (χ3n) is 1.86. The van der Waals surface area contributed by atoms with Crippen molar-refractivity contribution in [2.45, 2.75) is 23.5 Å².